The number of ether oxygens (including phenoxy) is 1. The zero-order valence-corrected chi connectivity index (χ0v) is 10.7. The normalized spacial score (nSPS) is 9.58. The van der Waals surface area contributed by atoms with E-state index in [0.717, 1.165) is 0 Å². The minimum Gasteiger partial charge on any atom is -0.465 e. The molecule has 0 aliphatic carbocycles. The van der Waals surface area contributed by atoms with Crippen molar-refractivity contribution in [2.45, 2.75) is 0 Å². The molecule has 7 nitrogen and oxygen atoms in total. The van der Waals surface area contributed by atoms with Crippen LogP contribution in [0.1, 0.15) is 10.4 Å². The average Bonchev–Trinajstić information content (AvgIpc) is 2.36. The van der Waals surface area contributed by atoms with Crippen molar-refractivity contribution in [2.24, 2.45) is 5.73 Å². The number of rotatable bonds is 4. The summed E-state index contributed by atoms with van der Waals surface area (Å²) in [6, 6.07) is 5.75. The summed E-state index contributed by atoms with van der Waals surface area (Å²) in [4.78, 5) is 35.1. The Labute approximate surface area is 110 Å². The molecule has 102 valence electrons. The van der Waals surface area contributed by atoms with Crippen molar-refractivity contribution in [3.8, 4) is 0 Å². The highest BCUT2D eigenvalue weighted by Crippen LogP contribution is 2.19. The van der Waals surface area contributed by atoms with E-state index in [2.05, 4.69) is 4.74 Å². The van der Waals surface area contributed by atoms with Gasteiger partial charge in [-0.1, -0.05) is 12.1 Å². The fraction of sp³-hybridized carbons (Fsp3) is 0.250. The first-order chi connectivity index (χ1) is 8.95. The van der Waals surface area contributed by atoms with Crippen LogP contribution in [0.4, 0.5) is 10.5 Å². The zero-order valence-electron chi connectivity index (χ0n) is 10.7. The van der Waals surface area contributed by atoms with Crippen LogP contribution in [-0.4, -0.2) is 38.6 Å². The Bertz CT molecular complexity index is 502. The van der Waals surface area contributed by atoms with Gasteiger partial charge in [-0.3, -0.25) is 10.1 Å². The van der Waals surface area contributed by atoms with Crippen molar-refractivity contribution in [2.75, 3.05) is 25.6 Å². The van der Waals surface area contributed by atoms with Gasteiger partial charge in [0, 0.05) is 7.05 Å². The van der Waals surface area contributed by atoms with E-state index in [1.807, 2.05) is 5.32 Å². The van der Waals surface area contributed by atoms with Crippen molar-refractivity contribution in [3.63, 3.8) is 0 Å². The van der Waals surface area contributed by atoms with E-state index >= 15 is 0 Å². The Morgan fingerprint density at radius 1 is 1.32 bits per heavy atom. The third kappa shape index (κ3) is 3.98. The van der Waals surface area contributed by atoms with Crippen LogP contribution >= 0.6 is 0 Å². The Morgan fingerprint density at radius 2 is 1.95 bits per heavy atom. The molecule has 0 saturated carbocycles. The van der Waals surface area contributed by atoms with Gasteiger partial charge >= 0.3 is 12.0 Å². The molecule has 0 fully saturated rings. The van der Waals surface area contributed by atoms with Gasteiger partial charge in [0.25, 0.3) is 0 Å². The van der Waals surface area contributed by atoms with Crippen LogP contribution in [0.3, 0.4) is 0 Å². The standard InChI is InChI=1S/C12H15N3O4/c1-15(7-10(16)14-12(13)18)9-6-4-3-5-8(9)11(17)19-2/h3-6H,7H2,1-2H3,(H3,13,14,16,18). The average molecular weight is 265 g/mol. The number of esters is 1. The first kappa shape index (κ1) is 14.5. The summed E-state index contributed by atoms with van der Waals surface area (Å²) in [5.41, 5.74) is 5.70. The number of methoxy groups -OCH3 is 1. The van der Waals surface area contributed by atoms with E-state index in [1.54, 1.807) is 31.3 Å². The molecular weight excluding hydrogens is 250 g/mol. The molecule has 19 heavy (non-hydrogen) atoms. The largest absolute Gasteiger partial charge is 0.465 e. The van der Waals surface area contributed by atoms with E-state index in [4.69, 9.17) is 5.73 Å². The Hall–Kier alpha value is -2.57. The number of anilines is 1. The van der Waals surface area contributed by atoms with Crippen LogP contribution in [0, 0.1) is 0 Å². The summed E-state index contributed by atoms with van der Waals surface area (Å²) >= 11 is 0. The molecule has 0 saturated heterocycles. The van der Waals surface area contributed by atoms with Crippen LogP contribution in [-0.2, 0) is 9.53 Å². The van der Waals surface area contributed by atoms with Crippen molar-refractivity contribution in [3.05, 3.63) is 29.8 Å². The summed E-state index contributed by atoms with van der Waals surface area (Å²) in [6.45, 7) is -0.114. The maximum absolute atomic E-state index is 11.6. The fourth-order valence-electron chi connectivity index (χ4n) is 1.57. The zero-order chi connectivity index (χ0) is 14.4. The van der Waals surface area contributed by atoms with Gasteiger partial charge in [0.05, 0.1) is 24.9 Å². The smallest absolute Gasteiger partial charge is 0.339 e. The van der Waals surface area contributed by atoms with E-state index < -0.39 is 17.9 Å². The van der Waals surface area contributed by atoms with Crippen LogP contribution in [0.2, 0.25) is 0 Å². The maximum atomic E-state index is 11.6. The van der Waals surface area contributed by atoms with Crippen molar-refractivity contribution >= 4 is 23.6 Å². The van der Waals surface area contributed by atoms with E-state index in [9.17, 15) is 14.4 Å². The molecule has 3 N–H and O–H groups in total. The third-order valence-electron chi connectivity index (χ3n) is 2.36. The number of nitrogens with one attached hydrogen (secondary N) is 1. The molecule has 1 aromatic rings. The van der Waals surface area contributed by atoms with Crippen molar-refractivity contribution in [1.82, 2.24) is 5.32 Å². The predicted octanol–water partition coefficient (Wildman–Crippen LogP) is 0.104. The predicted molar refractivity (Wildman–Crippen MR) is 68.8 cm³/mol. The number of carbonyl (C=O) groups is 3. The van der Waals surface area contributed by atoms with E-state index in [0.29, 0.717) is 11.3 Å². The molecule has 1 aromatic carbocycles. The molecule has 3 amide bonds. The number of benzene rings is 1. The minimum atomic E-state index is -0.917. The van der Waals surface area contributed by atoms with Gasteiger partial charge in [0.15, 0.2) is 0 Å². The Balaban J connectivity index is 2.87. The van der Waals surface area contributed by atoms with Crippen LogP contribution in [0.5, 0.6) is 0 Å². The molecule has 7 heteroatoms. The van der Waals surface area contributed by atoms with Crippen LogP contribution in [0.25, 0.3) is 0 Å². The first-order valence-electron chi connectivity index (χ1n) is 5.43. The van der Waals surface area contributed by atoms with Gasteiger partial charge in [-0.2, -0.15) is 0 Å². The molecule has 0 radical (unpaired) electrons. The first-order valence-corrected chi connectivity index (χ1v) is 5.43. The van der Waals surface area contributed by atoms with E-state index in [-0.39, 0.29) is 6.54 Å². The Kier molecular flexibility index (Phi) is 4.87. The summed E-state index contributed by atoms with van der Waals surface area (Å²) in [5, 5.41) is 1.95. The van der Waals surface area contributed by atoms with Gasteiger partial charge in [-0.15, -0.1) is 0 Å². The molecular formula is C12H15N3O4. The molecule has 0 heterocycles. The SMILES string of the molecule is COC(=O)c1ccccc1N(C)CC(=O)NC(N)=O. The van der Waals surface area contributed by atoms with Crippen LogP contribution in [0.15, 0.2) is 24.3 Å². The second-order valence-corrected chi connectivity index (χ2v) is 3.78. The van der Waals surface area contributed by atoms with Gasteiger partial charge in [0.1, 0.15) is 0 Å². The monoisotopic (exact) mass is 265 g/mol. The number of likely N-dealkylation sites (N-methyl/N-ethyl adjacent to an activating group) is 1. The minimum absolute atomic E-state index is 0.114. The number of para-hydroxylation sites is 1. The third-order valence-corrected chi connectivity index (χ3v) is 2.36. The van der Waals surface area contributed by atoms with E-state index in [1.165, 1.54) is 12.0 Å². The van der Waals surface area contributed by atoms with Crippen molar-refractivity contribution in [1.29, 1.82) is 0 Å². The number of hydrogen-bond acceptors (Lipinski definition) is 5. The van der Waals surface area contributed by atoms with Gasteiger partial charge in [-0.05, 0) is 12.1 Å². The number of primary amides is 1. The Morgan fingerprint density at radius 3 is 2.53 bits per heavy atom. The molecule has 0 bridgehead atoms. The highest BCUT2D eigenvalue weighted by molar-refractivity contribution is 5.98. The molecule has 0 aliphatic heterocycles. The highest BCUT2D eigenvalue weighted by Gasteiger charge is 2.16. The summed E-state index contributed by atoms with van der Waals surface area (Å²) in [5.74, 6) is -1.06. The number of imide groups is 1. The molecule has 0 aliphatic rings. The second-order valence-electron chi connectivity index (χ2n) is 3.78. The van der Waals surface area contributed by atoms with Gasteiger partial charge in [0.2, 0.25) is 5.91 Å². The maximum Gasteiger partial charge on any atom is 0.339 e. The molecule has 0 atom stereocenters. The molecule has 0 spiro atoms. The summed E-state index contributed by atoms with van der Waals surface area (Å²) in [7, 11) is 2.89. The number of urea groups is 1. The number of nitrogens with zero attached hydrogens (tertiary/aromatic N) is 1. The van der Waals surface area contributed by atoms with Crippen LogP contribution < -0.4 is 16.0 Å². The number of nitrogens with two attached hydrogens (primary N) is 1. The number of amides is 3. The lowest BCUT2D eigenvalue weighted by Crippen LogP contribution is -2.41. The van der Waals surface area contributed by atoms with Gasteiger partial charge in [-0.25, -0.2) is 9.59 Å². The fourth-order valence-corrected chi connectivity index (χ4v) is 1.57. The summed E-state index contributed by atoms with van der Waals surface area (Å²) < 4.78 is 4.66. The van der Waals surface area contributed by atoms with Crippen molar-refractivity contribution < 1.29 is 19.1 Å². The number of carbonyl (C=O) groups excluding carboxylic acids is 3. The molecule has 0 unspecified atom stereocenters. The highest BCUT2D eigenvalue weighted by atomic mass is 16.5. The number of hydrogen-bond donors (Lipinski definition) is 2. The second kappa shape index (κ2) is 6.39. The lowest BCUT2D eigenvalue weighted by Gasteiger charge is -2.20. The molecule has 1 rings (SSSR count). The van der Waals surface area contributed by atoms with Gasteiger partial charge < -0.3 is 15.4 Å². The quantitative estimate of drug-likeness (QED) is 0.752. The topological polar surface area (TPSA) is 102 Å². The lowest BCUT2D eigenvalue weighted by molar-refractivity contribution is -0.118. The molecule has 0 aromatic heterocycles. The summed E-state index contributed by atoms with van der Waals surface area (Å²) in [6.07, 6.45) is 0. The lowest BCUT2D eigenvalue weighted by atomic mass is 10.1.